The van der Waals surface area contributed by atoms with E-state index in [1.54, 1.807) is 6.21 Å². The molecule has 0 aliphatic heterocycles. The number of rotatable bonds is 9. The van der Waals surface area contributed by atoms with Crippen LogP contribution in [-0.2, 0) is 4.79 Å². The van der Waals surface area contributed by atoms with Gasteiger partial charge in [-0.05, 0) is 55.7 Å². The molecule has 6 heteroatoms. The fraction of sp³-hybridized carbons (Fsp3) is 0.333. The molecule has 1 N–H and O–H groups in total. The number of unbranched alkanes of at least 4 members (excludes halogenated alkanes) is 1. The van der Waals surface area contributed by atoms with Gasteiger partial charge in [0.05, 0.1) is 12.8 Å². The normalized spacial score (nSPS) is 10.8. The summed E-state index contributed by atoms with van der Waals surface area (Å²) in [5.41, 5.74) is 5.34. The Kier molecular flexibility index (Phi) is 8.33. The number of hydrazone groups is 1. The fourth-order valence-corrected chi connectivity index (χ4v) is 2.67. The van der Waals surface area contributed by atoms with Gasteiger partial charge in [-0.3, -0.25) is 4.79 Å². The summed E-state index contributed by atoms with van der Waals surface area (Å²) < 4.78 is 12.3. The zero-order valence-electron chi connectivity index (χ0n) is 15.9. The SMILES string of the molecule is CCCCOc1ccc(Br)cc1/C=N/NC(=O)COc1cc(C)ccc1C. The molecule has 0 bridgehead atoms. The summed E-state index contributed by atoms with van der Waals surface area (Å²) in [5, 5.41) is 4.02. The van der Waals surface area contributed by atoms with Crippen LogP contribution in [0.4, 0.5) is 0 Å². The van der Waals surface area contributed by atoms with Crippen molar-refractivity contribution < 1.29 is 14.3 Å². The molecule has 0 aliphatic carbocycles. The van der Waals surface area contributed by atoms with E-state index in [9.17, 15) is 4.79 Å². The minimum Gasteiger partial charge on any atom is -0.493 e. The number of hydrogen-bond acceptors (Lipinski definition) is 4. The molecule has 144 valence electrons. The first-order valence-electron chi connectivity index (χ1n) is 8.94. The van der Waals surface area contributed by atoms with Gasteiger partial charge < -0.3 is 9.47 Å². The first kappa shape index (κ1) is 21.0. The first-order valence-corrected chi connectivity index (χ1v) is 9.73. The Balaban J connectivity index is 1.91. The van der Waals surface area contributed by atoms with Gasteiger partial charge in [-0.1, -0.05) is 41.4 Å². The van der Waals surface area contributed by atoms with Crippen molar-refractivity contribution in [2.75, 3.05) is 13.2 Å². The van der Waals surface area contributed by atoms with E-state index in [1.807, 2.05) is 50.2 Å². The second kappa shape index (κ2) is 10.7. The second-order valence-electron chi connectivity index (χ2n) is 6.23. The van der Waals surface area contributed by atoms with Crippen molar-refractivity contribution in [3.05, 3.63) is 57.6 Å². The summed E-state index contributed by atoms with van der Waals surface area (Å²) in [6.45, 7) is 6.59. The van der Waals surface area contributed by atoms with E-state index in [0.29, 0.717) is 12.4 Å². The summed E-state index contributed by atoms with van der Waals surface area (Å²) in [7, 11) is 0. The number of aryl methyl sites for hydroxylation is 2. The first-order chi connectivity index (χ1) is 13.0. The molecule has 0 saturated carbocycles. The molecule has 0 aliphatic rings. The summed E-state index contributed by atoms with van der Waals surface area (Å²) in [5.74, 6) is 1.11. The number of ether oxygens (including phenoxy) is 2. The molecule has 0 saturated heterocycles. The maximum absolute atomic E-state index is 12.0. The van der Waals surface area contributed by atoms with Crippen molar-refractivity contribution >= 4 is 28.1 Å². The average molecular weight is 433 g/mol. The third-order valence-electron chi connectivity index (χ3n) is 3.82. The van der Waals surface area contributed by atoms with E-state index < -0.39 is 0 Å². The van der Waals surface area contributed by atoms with Gasteiger partial charge in [-0.2, -0.15) is 5.10 Å². The Morgan fingerprint density at radius 3 is 2.74 bits per heavy atom. The predicted octanol–water partition coefficient (Wildman–Crippen LogP) is 4.77. The van der Waals surface area contributed by atoms with Crippen LogP contribution >= 0.6 is 15.9 Å². The van der Waals surface area contributed by atoms with Crippen LogP contribution in [-0.4, -0.2) is 25.3 Å². The number of nitrogens with zero attached hydrogens (tertiary/aromatic N) is 1. The standard InChI is InChI=1S/C21H25BrN2O3/c1-4-5-10-26-19-9-8-18(22)12-17(19)13-23-24-21(25)14-27-20-11-15(2)6-7-16(20)3/h6-9,11-13H,4-5,10,14H2,1-3H3,(H,24,25)/b23-13+. The molecule has 2 aromatic rings. The monoisotopic (exact) mass is 432 g/mol. The van der Waals surface area contributed by atoms with Crippen molar-refractivity contribution in [2.24, 2.45) is 5.10 Å². The number of carbonyl (C=O) groups is 1. The number of carbonyl (C=O) groups excluding carboxylic acids is 1. The Morgan fingerprint density at radius 1 is 1.15 bits per heavy atom. The highest BCUT2D eigenvalue weighted by atomic mass is 79.9. The van der Waals surface area contributed by atoms with E-state index in [0.717, 1.165) is 39.8 Å². The van der Waals surface area contributed by atoms with Crippen LogP contribution in [0.15, 0.2) is 46.0 Å². The van der Waals surface area contributed by atoms with Gasteiger partial charge in [-0.15, -0.1) is 0 Å². The van der Waals surface area contributed by atoms with E-state index in [4.69, 9.17) is 9.47 Å². The van der Waals surface area contributed by atoms with Crippen LogP contribution in [0.1, 0.15) is 36.5 Å². The van der Waals surface area contributed by atoms with E-state index in [-0.39, 0.29) is 12.5 Å². The van der Waals surface area contributed by atoms with Crippen molar-refractivity contribution in [2.45, 2.75) is 33.6 Å². The van der Waals surface area contributed by atoms with Crippen LogP contribution in [0.3, 0.4) is 0 Å². The smallest absolute Gasteiger partial charge is 0.277 e. The van der Waals surface area contributed by atoms with Gasteiger partial charge in [0.25, 0.3) is 5.91 Å². The lowest BCUT2D eigenvalue weighted by atomic mass is 10.1. The summed E-state index contributed by atoms with van der Waals surface area (Å²) in [4.78, 5) is 12.0. The number of benzene rings is 2. The largest absolute Gasteiger partial charge is 0.493 e. The Bertz CT molecular complexity index is 806. The fourth-order valence-electron chi connectivity index (χ4n) is 2.29. The molecule has 27 heavy (non-hydrogen) atoms. The molecule has 2 aromatic carbocycles. The minimum absolute atomic E-state index is 0.0972. The third-order valence-corrected chi connectivity index (χ3v) is 4.32. The molecule has 0 heterocycles. The number of halogens is 1. The van der Waals surface area contributed by atoms with Gasteiger partial charge in [0.1, 0.15) is 11.5 Å². The summed E-state index contributed by atoms with van der Waals surface area (Å²) in [6, 6.07) is 11.6. The molecule has 0 spiro atoms. The maximum Gasteiger partial charge on any atom is 0.277 e. The molecule has 5 nitrogen and oxygen atoms in total. The number of nitrogens with one attached hydrogen (secondary N) is 1. The second-order valence-corrected chi connectivity index (χ2v) is 7.15. The van der Waals surface area contributed by atoms with Gasteiger partial charge in [0, 0.05) is 10.0 Å². The Labute approximate surface area is 168 Å². The highest BCUT2D eigenvalue weighted by molar-refractivity contribution is 9.10. The van der Waals surface area contributed by atoms with Gasteiger partial charge in [0.15, 0.2) is 6.61 Å². The summed E-state index contributed by atoms with van der Waals surface area (Å²) >= 11 is 3.44. The van der Waals surface area contributed by atoms with Crippen LogP contribution in [0.25, 0.3) is 0 Å². The highest BCUT2D eigenvalue weighted by Crippen LogP contribution is 2.22. The lowest BCUT2D eigenvalue weighted by molar-refractivity contribution is -0.123. The molecule has 0 atom stereocenters. The third kappa shape index (κ3) is 7.06. The van der Waals surface area contributed by atoms with Crippen molar-refractivity contribution in [3.8, 4) is 11.5 Å². The Hall–Kier alpha value is -2.34. The average Bonchev–Trinajstić information content (AvgIpc) is 2.64. The predicted molar refractivity (Wildman–Crippen MR) is 112 cm³/mol. The molecular formula is C21H25BrN2O3. The van der Waals surface area contributed by atoms with E-state index in [2.05, 4.69) is 33.4 Å². The van der Waals surface area contributed by atoms with E-state index >= 15 is 0 Å². The molecule has 1 amide bonds. The van der Waals surface area contributed by atoms with Crippen LogP contribution in [0.2, 0.25) is 0 Å². The van der Waals surface area contributed by atoms with Crippen LogP contribution in [0, 0.1) is 13.8 Å². The van der Waals surface area contributed by atoms with Crippen molar-refractivity contribution in [3.63, 3.8) is 0 Å². The van der Waals surface area contributed by atoms with Crippen LogP contribution < -0.4 is 14.9 Å². The molecule has 0 unspecified atom stereocenters. The van der Waals surface area contributed by atoms with E-state index in [1.165, 1.54) is 0 Å². The number of hydrogen-bond donors (Lipinski definition) is 1. The van der Waals surface area contributed by atoms with Gasteiger partial charge >= 0.3 is 0 Å². The topological polar surface area (TPSA) is 59.9 Å². The van der Waals surface area contributed by atoms with Crippen molar-refractivity contribution in [1.29, 1.82) is 0 Å². The van der Waals surface area contributed by atoms with Crippen molar-refractivity contribution in [1.82, 2.24) is 5.43 Å². The Morgan fingerprint density at radius 2 is 1.96 bits per heavy atom. The molecule has 0 radical (unpaired) electrons. The zero-order valence-corrected chi connectivity index (χ0v) is 17.5. The molecule has 2 rings (SSSR count). The lowest BCUT2D eigenvalue weighted by Gasteiger charge is -2.10. The summed E-state index contributed by atoms with van der Waals surface area (Å²) in [6.07, 6.45) is 3.62. The highest BCUT2D eigenvalue weighted by Gasteiger charge is 2.06. The minimum atomic E-state index is -0.324. The van der Waals surface area contributed by atoms with Gasteiger partial charge in [-0.25, -0.2) is 5.43 Å². The lowest BCUT2D eigenvalue weighted by Crippen LogP contribution is -2.24. The molecule has 0 fully saturated rings. The number of amides is 1. The maximum atomic E-state index is 12.0. The van der Waals surface area contributed by atoms with Gasteiger partial charge in [0.2, 0.25) is 0 Å². The molecular weight excluding hydrogens is 408 g/mol. The zero-order chi connectivity index (χ0) is 19.6. The molecule has 0 aromatic heterocycles. The van der Waals surface area contributed by atoms with Crippen LogP contribution in [0.5, 0.6) is 11.5 Å². The quantitative estimate of drug-likeness (QED) is 0.352.